The molecule has 0 aliphatic carbocycles. The van der Waals surface area contributed by atoms with Crippen molar-refractivity contribution in [2.24, 2.45) is 5.92 Å². The van der Waals surface area contributed by atoms with Gasteiger partial charge in [-0.2, -0.15) is 17.0 Å². The molecule has 0 aromatic heterocycles. The van der Waals surface area contributed by atoms with E-state index in [0.717, 1.165) is 0 Å². The minimum absolute atomic E-state index is 0.00170. The summed E-state index contributed by atoms with van der Waals surface area (Å²) in [6.45, 7) is 2.85. The molecule has 2 aliphatic rings. The molecule has 2 aliphatic heterocycles. The van der Waals surface area contributed by atoms with E-state index in [0.29, 0.717) is 51.3 Å². The lowest BCUT2D eigenvalue weighted by Crippen LogP contribution is -2.54. The number of piperazine rings is 1. The quantitative estimate of drug-likeness (QED) is 0.759. The fraction of sp³-hybridized carbons (Fsp3) is 0.611. The summed E-state index contributed by atoms with van der Waals surface area (Å²) >= 11 is 0. The molecule has 1 aromatic rings. The fourth-order valence-electron chi connectivity index (χ4n) is 3.72. The third-order valence-corrected chi connectivity index (χ3v) is 7.21. The van der Waals surface area contributed by atoms with Gasteiger partial charge >= 0.3 is 0 Å². The largest absolute Gasteiger partial charge is 0.366 e. The number of nitrogens with zero attached hydrogens (tertiary/aromatic N) is 4. The molecule has 3 rings (SSSR count). The molecule has 1 aromatic carbocycles. The number of benzene rings is 1. The summed E-state index contributed by atoms with van der Waals surface area (Å²) in [7, 11) is -0.495. The first-order valence-corrected chi connectivity index (χ1v) is 10.7. The highest BCUT2D eigenvalue weighted by Gasteiger charge is 2.36. The fourth-order valence-corrected chi connectivity index (χ4v) is 4.91. The molecule has 2 heterocycles. The minimum atomic E-state index is -3.50. The Morgan fingerprint density at radius 2 is 1.78 bits per heavy atom. The smallest absolute Gasteiger partial charge is 0.281 e. The number of para-hydroxylation sites is 1. The number of halogens is 1. The first-order valence-electron chi connectivity index (χ1n) is 9.26. The standard InChI is InChI=1S/C18H27FN4O3S/c1-20(2)27(25,26)23-9-5-6-15(14-23)18(24)22-12-10-21(11-13-22)17-8-4-3-7-16(17)19/h3-4,7-8,15H,5-6,9-14H2,1-2H3/t15-/m1/s1. The maximum absolute atomic E-state index is 14.0. The van der Waals surface area contributed by atoms with E-state index in [-0.39, 0.29) is 24.2 Å². The molecule has 0 bridgehead atoms. The van der Waals surface area contributed by atoms with Crippen molar-refractivity contribution in [2.45, 2.75) is 12.8 Å². The van der Waals surface area contributed by atoms with Gasteiger partial charge in [0.05, 0.1) is 11.6 Å². The number of carbonyl (C=O) groups excluding carboxylic acids is 1. The number of rotatable bonds is 4. The van der Waals surface area contributed by atoms with Gasteiger partial charge in [0.25, 0.3) is 10.2 Å². The zero-order valence-corrected chi connectivity index (χ0v) is 16.7. The van der Waals surface area contributed by atoms with Crippen LogP contribution in [0.4, 0.5) is 10.1 Å². The monoisotopic (exact) mass is 398 g/mol. The van der Waals surface area contributed by atoms with Gasteiger partial charge in [-0.15, -0.1) is 0 Å². The Kier molecular flexibility index (Phi) is 6.02. The van der Waals surface area contributed by atoms with E-state index in [2.05, 4.69) is 0 Å². The van der Waals surface area contributed by atoms with Crippen LogP contribution in [0, 0.1) is 11.7 Å². The molecule has 0 radical (unpaired) electrons. The Balaban J connectivity index is 1.60. The molecule has 0 N–H and O–H groups in total. The lowest BCUT2D eigenvalue weighted by molar-refractivity contribution is -0.137. The molecule has 1 atom stereocenters. The molecule has 9 heteroatoms. The molecule has 1 amide bonds. The number of anilines is 1. The summed E-state index contributed by atoms with van der Waals surface area (Å²) in [5.74, 6) is -0.565. The van der Waals surface area contributed by atoms with Gasteiger partial charge in [0.15, 0.2) is 0 Å². The summed E-state index contributed by atoms with van der Waals surface area (Å²) in [6.07, 6.45) is 1.38. The minimum Gasteiger partial charge on any atom is -0.366 e. The van der Waals surface area contributed by atoms with Gasteiger partial charge in [-0.3, -0.25) is 4.79 Å². The van der Waals surface area contributed by atoms with Crippen LogP contribution in [0.15, 0.2) is 24.3 Å². The van der Waals surface area contributed by atoms with Crippen LogP contribution in [0.1, 0.15) is 12.8 Å². The van der Waals surface area contributed by atoms with Crippen LogP contribution < -0.4 is 4.90 Å². The molecule has 27 heavy (non-hydrogen) atoms. The summed E-state index contributed by atoms with van der Waals surface area (Å²) in [6, 6.07) is 6.65. The van der Waals surface area contributed by atoms with E-state index in [9.17, 15) is 17.6 Å². The van der Waals surface area contributed by atoms with Crippen molar-refractivity contribution in [1.82, 2.24) is 13.5 Å². The second kappa shape index (κ2) is 8.12. The Morgan fingerprint density at radius 1 is 1.11 bits per heavy atom. The molecule has 7 nitrogen and oxygen atoms in total. The maximum atomic E-state index is 14.0. The molecule has 0 saturated carbocycles. The van der Waals surface area contributed by atoms with Gasteiger partial charge in [0, 0.05) is 53.4 Å². The number of hydrogen-bond donors (Lipinski definition) is 0. The second-order valence-electron chi connectivity index (χ2n) is 7.25. The van der Waals surface area contributed by atoms with E-state index >= 15 is 0 Å². The van der Waals surface area contributed by atoms with Crippen molar-refractivity contribution >= 4 is 21.8 Å². The van der Waals surface area contributed by atoms with Crippen LogP contribution in [0.3, 0.4) is 0 Å². The highest BCUT2D eigenvalue weighted by atomic mass is 32.2. The van der Waals surface area contributed by atoms with Crippen molar-refractivity contribution in [3.63, 3.8) is 0 Å². The van der Waals surface area contributed by atoms with E-state index in [1.807, 2.05) is 4.90 Å². The zero-order valence-electron chi connectivity index (χ0n) is 15.8. The van der Waals surface area contributed by atoms with E-state index in [1.54, 1.807) is 23.1 Å². The number of hydrogen-bond acceptors (Lipinski definition) is 4. The van der Waals surface area contributed by atoms with Crippen molar-refractivity contribution in [2.75, 3.05) is 58.3 Å². The summed E-state index contributed by atoms with van der Waals surface area (Å²) in [4.78, 5) is 16.6. The van der Waals surface area contributed by atoms with Gasteiger partial charge in [-0.05, 0) is 25.0 Å². The number of amides is 1. The summed E-state index contributed by atoms with van der Waals surface area (Å²) < 4.78 is 41.2. The van der Waals surface area contributed by atoms with Crippen LogP contribution in [-0.4, -0.2) is 81.2 Å². The lowest BCUT2D eigenvalue weighted by Gasteiger charge is -2.39. The number of carbonyl (C=O) groups is 1. The van der Waals surface area contributed by atoms with E-state index in [1.165, 1.54) is 28.8 Å². The van der Waals surface area contributed by atoms with E-state index < -0.39 is 10.2 Å². The Bertz CT molecular complexity index is 779. The molecule has 0 unspecified atom stereocenters. The first-order chi connectivity index (χ1) is 12.8. The highest BCUT2D eigenvalue weighted by Crippen LogP contribution is 2.24. The Morgan fingerprint density at radius 3 is 2.41 bits per heavy atom. The van der Waals surface area contributed by atoms with Gasteiger partial charge in [0.1, 0.15) is 5.82 Å². The predicted octanol–water partition coefficient (Wildman–Crippen LogP) is 0.993. The molecule has 0 spiro atoms. The topological polar surface area (TPSA) is 64.2 Å². The van der Waals surface area contributed by atoms with E-state index in [4.69, 9.17) is 0 Å². The van der Waals surface area contributed by atoms with Gasteiger partial charge < -0.3 is 9.80 Å². The molecule has 2 saturated heterocycles. The molecular weight excluding hydrogens is 371 g/mol. The second-order valence-corrected chi connectivity index (χ2v) is 9.39. The summed E-state index contributed by atoms with van der Waals surface area (Å²) in [5.41, 5.74) is 0.561. The molecule has 150 valence electrons. The predicted molar refractivity (Wildman–Crippen MR) is 102 cm³/mol. The van der Waals surface area contributed by atoms with Crippen LogP contribution in [0.5, 0.6) is 0 Å². The van der Waals surface area contributed by atoms with Crippen LogP contribution >= 0.6 is 0 Å². The van der Waals surface area contributed by atoms with Crippen LogP contribution in [0.2, 0.25) is 0 Å². The van der Waals surface area contributed by atoms with Gasteiger partial charge in [-0.1, -0.05) is 12.1 Å². The maximum Gasteiger partial charge on any atom is 0.281 e. The normalized spacial score (nSPS) is 22.3. The third-order valence-electron chi connectivity index (χ3n) is 5.31. The van der Waals surface area contributed by atoms with Crippen LogP contribution in [0.25, 0.3) is 0 Å². The van der Waals surface area contributed by atoms with Crippen molar-refractivity contribution in [1.29, 1.82) is 0 Å². The first kappa shape index (κ1) is 20.0. The summed E-state index contributed by atoms with van der Waals surface area (Å²) in [5, 5.41) is 0. The van der Waals surface area contributed by atoms with Gasteiger partial charge in [0.2, 0.25) is 5.91 Å². The average molecular weight is 399 g/mol. The van der Waals surface area contributed by atoms with Crippen molar-refractivity contribution in [3.05, 3.63) is 30.1 Å². The van der Waals surface area contributed by atoms with Crippen LogP contribution in [-0.2, 0) is 15.0 Å². The zero-order chi connectivity index (χ0) is 19.6. The Hall–Kier alpha value is -1.71. The lowest BCUT2D eigenvalue weighted by atomic mass is 9.97. The SMILES string of the molecule is CN(C)S(=O)(=O)N1CCC[C@@H](C(=O)N2CCN(c3ccccc3F)CC2)C1. The molecular formula is C18H27FN4O3S. The average Bonchev–Trinajstić information content (AvgIpc) is 2.68. The van der Waals surface area contributed by atoms with Crippen molar-refractivity contribution in [3.8, 4) is 0 Å². The van der Waals surface area contributed by atoms with Gasteiger partial charge in [-0.25, -0.2) is 4.39 Å². The Labute approximate surface area is 160 Å². The van der Waals surface area contributed by atoms with Crippen molar-refractivity contribution < 1.29 is 17.6 Å². The highest BCUT2D eigenvalue weighted by molar-refractivity contribution is 7.86. The third kappa shape index (κ3) is 4.25. The number of piperidine rings is 1. The molecule has 2 fully saturated rings.